The number of allylic oxidation sites excluding steroid dienone is 1. The number of nitrogens with one attached hydrogen (secondary N) is 1. The van der Waals surface area contributed by atoms with Crippen molar-refractivity contribution in [3.05, 3.63) is 46.7 Å². The highest BCUT2D eigenvalue weighted by Gasteiger charge is 2.32. The van der Waals surface area contributed by atoms with Gasteiger partial charge >= 0.3 is 6.09 Å². The molecule has 1 amide bonds. The molecule has 1 aromatic carbocycles. The molecule has 0 aromatic heterocycles. The SMILES string of the molecule is [C-]#[N+]C(C)=C1CCN(c2ccc(N3C[C@H](CNC(C)=S)OC3=O)cc2F)CC1. The summed E-state index contributed by atoms with van der Waals surface area (Å²) in [6.45, 7) is 12.8. The Bertz CT molecular complexity index is 854. The summed E-state index contributed by atoms with van der Waals surface area (Å²) < 4.78 is 20.1. The van der Waals surface area contributed by atoms with Gasteiger partial charge in [-0.05, 0) is 44.9 Å². The first-order chi connectivity index (χ1) is 13.4. The van der Waals surface area contributed by atoms with Crippen molar-refractivity contribution in [2.75, 3.05) is 36.0 Å². The van der Waals surface area contributed by atoms with Crippen LogP contribution >= 0.6 is 12.2 Å². The standard InChI is InChI=1S/C20H23FN4O2S/c1-13(22-3)15-6-8-24(9-7-15)19-5-4-16(10-18(19)21)25-12-17(27-20(25)26)11-23-14(2)28/h4-5,10,17H,6-9,11-12H2,1-2H3,(H,23,28)/t17-/m0/s1. The van der Waals surface area contributed by atoms with E-state index in [0.717, 1.165) is 24.1 Å². The van der Waals surface area contributed by atoms with E-state index < -0.39 is 6.09 Å². The van der Waals surface area contributed by atoms with Crippen LogP contribution in [-0.2, 0) is 4.74 Å². The molecule has 1 N–H and O–H groups in total. The van der Waals surface area contributed by atoms with Gasteiger partial charge in [0.15, 0.2) is 5.70 Å². The number of piperidine rings is 1. The molecule has 0 aliphatic carbocycles. The molecule has 6 nitrogen and oxygen atoms in total. The first-order valence-electron chi connectivity index (χ1n) is 9.22. The smallest absolute Gasteiger partial charge is 0.414 e. The van der Waals surface area contributed by atoms with E-state index >= 15 is 0 Å². The average molecular weight is 402 g/mol. The van der Waals surface area contributed by atoms with E-state index in [2.05, 4.69) is 10.2 Å². The maximum Gasteiger partial charge on any atom is 0.414 e. The molecule has 3 rings (SSSR count). The third kappa shape index (κ3) is 4.42. The van der Waals surface area contributed by atoms with Crippen molar-refractivity contribution in [2.45, 2.75) is 32.8 Å². The number of carbonyl (C=O) groups is 1. The summed E-state index contributed by atoms with van der Waals surface area (Å²) in [6.07, 6.45) is 0.721. The number of thiocarbonyl (C=S) groups is 1. The van der Waals surface area contributed by atoms with Crippen LogP contribution in [0.3, 0.4) is 0 Å². The molecule has 2 fully saturated rings. The fourth-order valence-electron chi connectivity index (χ4n) is 3.47. The van der Waals surface area contributed by atoms with Gasteiger partial charge in [-0.25, -0.2) is 14.0 Å². The number of hydrogen-bond acceptors (Lipinski definition) is 4. The Morgan fingerprint density at radius 1 is 1.39 bits per heavy atom. The van der Waals surface area contributed by atoms with Crippen molar-refractivity contribution >= 4 is 34.7 Å². The van der Waals surface area contributed by atoms with Gasteiger partial charge < -0.3 is 15.0 Å². The Morgan fingerprint density at radius 2 is 2.11 bits per heavy atom. The number of carbonyl (C=O) groups excluding carboxylic acids is 1. The van der Waals surface area contributed by atoms with Crippen LogP contribution in [0.25, 0.3) is 4.85 Å². The number of halogens is 1. The van der Waals surface area contributed by atoms with Crippen molar-refractivity contribution in [3.63, 3.8) is 0 Å². The summed E-state index contributed by atoms with van der Waals surface area (Å²) >= 11 is 4.97. The summed E-state index contributed by atoms with van der Waals surface area (Å²) in [7, 11) is 0. The Balaban J connectivity index is 1.67. The second-order valence-corrected chi connectivity index (χ2v) is 7.59. The van der Waals surface area contributed by atoms with Crippen LogP contribution in [0.2, 0.25) is 0 Å². The molecule has 2 aliphatic heterocycles. The maximum absolute atomic E-state index is 14.8. The summed E-state index contributed by atoms with van der Waals surface area (Å²) in [6, 6.07) is 4.84. The molecule has 0 radical (unpaired) electrons. The van der Waals surface area contributed by atoms with E-state index in [1.54, 1.807) is 19.1 Å². The lowest BCUT2D eigenvalue weighted by molar-refractivity contribution is 0.143. The van der Waals surface area contributed by atoms with Crippen LogP contribution in [0.1, 0.15) is 26.7 Å². The number of rotatable bonds is 4. The zero-order valence-corrected chi connectivity index (χ0v) is 16.8. The minimum Gasteiger partial charge on any atom is -0.442 e. The van der Waals surface area contributed by atoms with E-state index in [0.29, 0.717) is 42.5 Å². The summed E-state index contributed by atoms with van der Waals surface area (Å²) in [5.41, 5.74) is 2.89. The van der Waals surface area contributed by atoms with Crippen molar-refractivity contribution in [1.82, 2.24) is 5.32 Å². The Hall–Kier alpha value is -2.66. The molecule has 0 bridgehead atoms. The van der Waals surface area contributed by atoms with Gasteiger partial charge in [0, 0.05) is 13.1 Å². The van der Waals surface area contributed by atoms with Crippen molar-refractivity contribution in [3.8, 4) is 0 Å². The zero-order chi connectivity index (χ0) is 20.3. The largest absolute Gasteiger partial charge is 0.442 e. The van der Waals surface area contributed by atoms with Crippen LogP contribution < -0.4 is 15.1 Å². The Kier molecular flexibility index (Phi) is 6.15. The number of amides is 1. The van der Waals surface area contributed by atoms with E-state index in [1.165, 1.54) is 11.0 Å². The lowest BCUT2D eigenvalue weighted by Crippen LogP contribution is -2.33. The van der Waals surface area contributed by atoms with Gasteiger partial charge in [-0.15, -0.1) is 0 Å². The number of hydrogen-bond donors (Lipinski definition) is 1. The molecule has 0 spiro atoms. The van der Waals surface area contributed by atoms with Crippen molar-refractivity contribution in [2.24, 2.45) is 0 Å². The van der Waals surface area contributed by atoms with Gasteiger partial charge in [0.05, 0.1) is 36.0 Å². The topological polar surface area (TPSA) is 49.2 Å². The molecule has 2 saturated heterocycles. The van der Waals surface area contributed by atoms with E-state index in [1.807, 2.05) is 11.8 Å². The minimum absolute atomic E-state index is 0.328. The zero-order valence-electron chi connectivity index (χ0n) is 16.0. The predicted molar refractivity (Wildman–Crippen MR) is 111 cm³/mol. The third-order valence-corrected chi connectivity index (χ3v) is 5.23. The highest BCUT2D eigenvalue weighted by molar-refractivity contribution is 7.80. The van der Waals surface area contributed by atoms with E-state index in [-0.39, 0.29) is 11.9 Å². The van der Waals surface area contributed by atoms with Crippen LogP contribution in [-0.4, -0.2) is 43.4 Å². The molecule has 0 unspecified atom stereocenters. The first-order valence-corrected chi connectivity index (χ1v) is 9.63. The first kappa shape index (κ1) is 20.1. The predicted octanol–water partition coefficient (Wildman–Crippen LogP) is 3.88. The molecule has 1 atom stereocenters. The van der Waals surface area contributed by atoms with Crippen molar-refractivity contribution < 1.29 is 13.9 Å². The van der Waals surface area contributed by atoms with Gasteiger partial charge in [-0.1, -0.05) is 17.8 Å². The fourth-order valence-corrected chi connectivity index (χ4v) is 3.56. The van der Waals surface area contributed by atoms with Crippen LogP contribution in [0.4, 0.5) is 20.6 Å². The average Bonchev–Trinajstić information content (AvgIpc) is 3.06. The quantitative estimate of drug-likeness (QED) is 0.612. The van der Waals surface area contributed by atoms with E-state index in [4.69, 9.17) is 23.5 Å². The van der Waals surface area contributed by atoms with Gasteiger partial charge in [-0.2, -0.15) is 0 Å². The molecule has 2 heterocycles. The van der Waals surface area contributed by atoms with Gasteiger partial charge in [0.2, 0.25) is 0 Å². The molecule has 0 saturated carbocycles. The maximum atomic E-state index is 14.8. The van der Waals surface area contributed by atoms with Crippen molar-refractivity contribution in [1.29, 1.82) is 0 Å². The van der Waals surface area contributed by atoms with Gasteiger partial charge in [0.25, 0.3) is 0 Å². The number of cyclic esters (lactones) is 1. The fraction of sp³-hybridized carbons (Fsp3) is 0.450. The second-order valence-electron chi connectivity index (χ2n) is 6.98. The molecule has 8 heteroatoms. The molecule has 2 aliphatic rings. The summed E-state index contributed by atoms with van der Waals surface area (Å²) in [5.74, 6) is -0.365. The van der Waals surface area contributed by atoms with Crippen LogP contribution in [0.15, 0.2) is 29.5 Å². The Morgan fingerprint density at radius 3 is 2.71 bits per heavy atom. The van der Waals surface area contributed by atoms with Crippen LogP contribution in [0, 0.1) is 12.4 Å². The number of benzene rings is 1. The summed E-state index contributed by atoms with van der Waals surface area (Å²) in [4.78, 5) is 19.7. The monoisotopic (exact) mass is 402 g/mol. The third-order valence-electron chi connectivity index (χ3n) is 5.08. The highest BCUT2D eigenvalue weighted by atomic mass is 32.1. The molecule has 148 valence electrons. The van der Waals surface area contributed by atoms with Crippen LogP contribution in [0.5, 0.6) is 0 Å². The second kappa shape index (κ2) is 8.57. The lowest BCUT2D eigenvalue weighted by atomic mass is 10.0. The highest BCUT2D eigenvalue weighted by Crippen LogP contribution is 2.31. The molecule has 1 aromatic rings. The van der Waals surface area contributed by atoms with E-state index in [9.17, 15) is 9.18 Å². The van der Waals surface area contributed by atoms with Gasteiger partial charge in [-0.3, -0.25) is 4.90 Å². The number of ether oxygens (including phenoxy) is 1. The minimum atomic E-state index is -0.483. The molecular weight excluding hydrogens is 379 g/mol. The summed E-state index contributed by atoms with van der Waals surface area (Å²) in [5, 5.41) is 2.98. The normalized spacial score (nSPS) is 19.3. The number of anilines is 2. The molecule has 28 heavy (non-hydrogen) atoms. The van der Waals surface area contributed by atoms with Gasteiger partial charge in [0.1, 0.15) is 11.9 Å². The lowest BCUT2D eigenvalue weighted by Gasteiger charge is -2.31. The molecular formula is C20H23FN4O2S. The Labute approximate surface area is 169 Å². The number of nitrogens with zero attached hydrogens (tertiary/aromatic N) is 3.